The van der Waals surface area contributed by atoms with E-state index in [0.29, 0.717) is 27.4 Å². The number of halogens is 3. The van der Waals surface area contributed by atoms with Crippen LogP contribution in [-0.2, 0) is 4.79 Å². The van der Waals surface area contributed by atoms with Gasteiger partial charge in [-0.05, 0) is 26.8 Å². The van der Waals surface area contributed by atoms with Crippen LogP contribution < -0.4 is 15.4 Å². The van der Waals surface area contributed by atoms with Gasteiger partial charge in [-0.3, -0.25) is 4.79 Å². The molecule has 0 radical (unpaired) electrons. The molecule has 0 saturated carbocycles. The molecule has 4 nitrogen and oxygen atoms in total. The fraction of sp³-hybridized carbons (Fsp3) is 0.533. The molecule has 124 valence electrons. The standard InChI is InChI=1S/C15H21Cl3N2O2/c1-15(2,3)20-6-4-5-19-14(21)9-22-13-8-11(17)10(16)7-12(13)18/h7-8,20H,4-6,9H2,1-3H3,(H,19,21)/p+1. The maximum Gasteiger partial charge on any atom is 0.257 e. The Kier molecular flexibility index (Phi) is 7.77. The maximum absolute atomic E-state index is 11.7. The number of carbonyl (C=O) groups excluding carboxylic acids is 1. The summed E-state index contributed by atoms with van der Waals surface area (Å²) in [6, 6.07) is 2.98. The van der Waals surface area contributed by atoms with E-state index in [1.165, 1.54) is 12.1 Å². The third-order valence-corrected chi connectivity index (χ3v) is 3.81. The number of hydrogen-bond acceptors (Lipinski definition) is 2. The van der Waals surface area contributed by atoms with Gasteiger partial charge in [0.1, 0.15) is 5.75 Å². The first kappa shape index (κ1) is 19.4. The molecule has 7 heteroatoms. The summed E-state index contributed by atoms with van der Waals surface area (Å²) in [6.45, 7) is 7.93. The molecule has 0 atom stereocenters. The lowest BCUT2D eigenvalue weighted by atomic mass is 10.1. The van der Waals surface area contributed by atoms with Crippen molar-refractivity contribution in [2.45, 2.75) is 32.7 Å². The van der Waals surface area contributed by atoms with Crippen molar-refractivity contribution in [3.05, 3.63) is 27.2 Å². The van der Waals surface area contributed by atoms with E-state index in [0.717, 1.165) is 13.0 Å². The van der Waals surface area contributed by atoms with Crippen molar-refractivity contribution >= 4 is 40.7 Å². The molecule has 22 heavy (non-hydrogen) atoms. The predicted octanol–water partition coefficient (Wildman–Crippen LogP) is 2.89. The molecule has 3 N–H and O–H groups in total. The number of quaternary nitrogens is 1. The van der Waals surface area contributed by atoms with Crippen LogP contribution in [0.3, 0.4) is 0 Å². The molecule has 1 aromatic rings. The van der Waals surface area contributed by atoms with Gasteiger partial charge in [0, 0.05) is 19.0 Å². The van der Waals surface area contributed by atoms with Gasteiger partial charge in [0.2, 0.25) is 0 Å². The number of ether oxygens (including phenoxy) is 1. The van der Waals surface area contributed by atoms with Crippen molar-refractivity contribution in [2.24, 2.45) is 0 Å². The number of rotatable bonds is 7. The number of nitrogens with two attached hydrogens (primary N) is 1. The Labute approximate surface area is 146 Å². The van der Waals surface area contributed by atoms with E-state index in [9.17, 15) is 4.79 Å². The highest BCUT2D eigenvalue weighted by atomic mass is 35.5. The first-order valence-electron chi connectivity index (χ1n) is 7.07. The smallest absolute Gasteiger partial charge is 0.257 e. The summed E-state index contributed by atoms with van der Waals surface area (Å²) in [5.74, 6) is 0.144. The minimum atomic E-state index is -0.196. The van der Waals surface area contributed by atoms with Gasteiger partial charge in [-0.1, -0.05) is 34.8 Å². The monoisotopic (exact) mass is 367 g/mol. The minimum absolute atomic E-state index is 0.110. The highest BCUT2D eigenvalue weighted by Crippen LogP contribution is 2.33. The predicted molar refractivity (Wildman–Crippen MR) is 91.1 cm³/mol. The van der Waals surface area contributed by atoms with Crippen molar-refractivity contribution < 1.29 is 14.8 Å². The molecule has 0 aliphatic heterocycles. The van der Waals surface area contributed by atoms with Gasteiger partial charge in [0.05, 0.1) is 27.2 Å². The Balaban J connectivity index is 2.28. The van der Waals surface area contributed by atoms with Gasteiger partial charge >= 0.3 is 0 Å². The summed E-state index contributed by atoms with van der Waals surface area (Å²) >= 11 is 17.7. The number of amides is 1. The van der Waals surface area contributed by atoms with Gasteiger partial charge < -0.3 is 15.4 Å². The molecule has 0 bridgehead atoms. The van der Waals surface area contributed by atoms with Crippen molar-refractivity contribution in [1.82, 2.24) is 5.32 Å². The summed E-state index contributed by atoms with van der Waals surface area (Å²) in [6.07, 6.45) is 0.899. The molecule has 0 heterocycles. The zero-order valence-electron chi connectivity index (χ0n) is 13.0. The van der Waals surface area contributed by atoms with Gasteiger partial charge in [0.25, 0.3) is 5.91 Å². The quantitative estimate of drug-likeness (QED) is 0.574. The molecule has 0 aliphatic carbocycles. The van der Waals surface area contributed by atoms with Crippen LogP contribution in [0.2, 0.25) is 15.1 Å². The van der Waals surface area contributed by atoms with E-state index in [1.807, 2.05) is 0 Å². The van der Waals surface area contributed by atoms with Crippen LogP contribution in [0.15, 0.2) is 12.1 Å². The molecule has 0 aromatic heterocycles. The van der Waals surface area contributed by atoms with Crippen molar-refractivity contribution in [3.63, 3.8) is 0 Å². The van der Waals surface area contributed by atoms with Gasteiger partial charge in [-0.25, -0.2) is 0 Å². The van der Waals surface area contributed by atoms with Crippen LogP contribution >= 0.6 is 34.8 Å². The zero-order chi connectivity index (χ0) is 16.8. The first-order chi connectivity index (χ1) is 10.2. The van der Waals surface area contributed by atoms with E-state index in [-0.39, 0.29) is 18.1 Å². The highest BCUT2D eigenvalue weighted by molar-refractivity contribution is 6.43. The topological polar surface area (TPSA) is 54.9 Å². The zero-order valence-corrected chi connectivity index (χ0v) is 15.3. The van der Waals surface area contributed by atoms with Crippen molar-refractivity contribution in [1.29, 1.82) is 0 Å². The second-order valence-corrected chi connectivity index (χ2v) is 7.27. The van der Waals surface area contributed by atoms with Gasteiger partial charge in [-0.2, -0.15) is 0 Å². The summed E-state index contributed by atoms with van der Waals surface area (Å²) < 4.78 is 5.35. The lowest BCUT2D eigenvalue weighted by Gasteiger charge is -2.16. The van der Waals surface area contributed by atoms with Crippen LogP contribution in [0.5, 0.6) is 5.75 Å². The van der Waals surface area contributed by atoms with Crippen LogP contribution in [0.4, 0.5) is 0 Å². The normalized spacial score (nSPS) is 11.4. The summed E-state index contributed by atoms with van der Waals surface area (Å²) in [5.41, 5.74) is 0.206. The lowest BCUT2D eigenvalue weighted by Crippen LogP contribution is -2.94. The van der Waals surface area contributed by atoms with Gasteiger partial charge in [0.15, 0.2) is 6.61 Å². The van der Waals surface area contributed by atoms with Crippen LogP contribution in [-0.4, -0.2) is 31.1 Å². The molecular weight excluding hydrogens is 347 g/mol. The second kappa shape index (κ2) is 8.82. The molecule has 1 amide bonds. The Hall–Kier alpha value is -0.680. The summed E-state index contributed by atoms with van der Waals surface area (Å²) in [5, 5.41) is 6.04. The van der Waals surface area contributed by atoms with E-state index < -0.39 is 0 Å². The second-order valence-electron chi connectivity index (χ2n) is 6.05. The average molecular weight is 369 g/mol. The van der Waals surface area contributed by atoms with E-state index in [1.54, 1.807) is 0 Å². The Morgan fingerprint density at radius 2 is 1.82 bits per heavy atom. The molecule has 0 saturated heterocycles. The summed E-state index contributed by atoms with van der Waals surface area (Å²) in [7, 11) is 0. The van der Waals surface area contributed by atoms with Gasteiger partial charge in [-0.15, -0.1) is 0 Å². The largest absolute Gasteiger partial charge is 0.482 e. The lowest BCUT2D eigenvalue weighted by molar-refractivity contribution is -0.717. The molecule has 1 rings (SSSR count). The third kappa shape index (κ3) is 7.54. The fourth-order valence-electron chi connectivity index (χ4n) is 1.67. The van der Waals surface area contributed by atoms with E-state index in [4.69, 9.17) is 39.5 Å². The molecule has 1 aromatic carbocycles. The third-order valence-electron chi connectivity index (χ3n) is 2.79. The first-order valence-corrected chi connectivity index (χ1v) is 8.21. The Morgan fingerprint density at radius 1 is 1.18 bits per heavy atom. The van der Waals surface area contributed by atoms with Crippen LogP contribution in [0.1, 0.15) is 27.2 Å². The maximum atomic E-state index is 11.7. The van der Waals surface area contributed by atoms with Crippen molar-refractivity contribution in [2.75, 3.05) is 19.7 Å². The minimum Gasteiger partial charge on any atom is -0.482 e. The number of carbonyl (C=O) groups is 1. The van der Waals surface area contributed by atoms with E-state index in [2.05, 4.69) is 31.4 Å². The average Bonchev–Trinajstić information content (AvgIpc) is 2.39. The number of nitrogens with one attached hydrogen (secondary N) is 1. The number of hydrogen-bond donors (Lipinski definition) is 2. The molecule has 0 fully saturated rings. The molecule has 0 aliphatic rings. The van der Waals surface area contributed by atoms with Crippen LogP contribution in [0.25, 0.3) is 0 Å². The van der Waals surface area contributed by atoms with Crippen molar-refractivity contribution in [3.8, 4) is 5.75 Å². The van der Waals surface area contributed by atoms with E-state index >= 15 is 0 Å². The molecular formula is C15H22Cl3N2O2+. The molecule has 0 spiro atoms. The SMILES string of the molecule is CC(C)(C)[NH2+]CCCNC(=O)COc1cc(Cl)c(Cl)cc1Cl. The Morgan fingerprint density at radius 3 is 2.45 bits per heavy atom. The fourth-order valence-corrected chi connectivity index (χ4v) is 2.27. The molecule has 0 unspecified atom stereocenters. The highest BCUT2D eigenvalue weighted by Gasteiger charge is 2.12. The number of benzene rings is 1. The Bertz CT molecular complexity index is 516. The van der Waals surface area contributed by atoms with Crippen LogP contribution in [0, 0.1) is 0 Å². The summed E-state index contributed by atoms with van der Waals surface area (Å²) in [4.78, 5) is 11.7.